The van der Waals surface area contributed by atoms with Crippen molar-refractivity contribution in [1.29, 1.82) is 0 Å². The highest BCUT2D eigenvalue weighted by Gasteiger charge is 2.39. The molecule has 3 rings (SSSR count). The summed E-state index contributed by atoms with van der Waals surface area (Å²) in [6.45, 7) is 0. The number of halogens is 1. The highest BCUT2D eigenvalue weighted by Crippen LogP contribution is 2.43. The van der Waals surface area contributed by atoms with E-state index < -0.39 is 0 Å². The molecule has 1 N–H and O–H groups in total. The lowest BCUT2D eigenvalue weighted by molar-refractivity contribution is -0.120. The molecule has 2 bridgehead atoms. The minimum Gasteiger partial charge on any atom is -0.326 e. The van der Waals surface area contributed by atoms with Gasteiger partial charge in [0, 0.05) is 16.6 Å². The summed E-state index contributed by atoms with van der Waals surface area (Å²) in [4.78, 5) is 12.1. The summed E-state index contributed by atoms with van der Waals surface area (Å²) in [5.74, 6) is 1.34. The Morgan fingerprint density at radius 3 is 2.82 bits per heavy atom. The van der Waals surface area contributed by atoms with E-state index in [-0.39, 0.29) is 11.8 Å². The van der Waals surface area contributed by atoms with E-state index in [1.165, 1.54) is 0 Å². The van der Waals surface area contributed by atoms with Crippen LogP contribution in [-0.4, -0.2) is 5.91 Å². The van der Waals surface area contributed by atoms with Gasteiger partial charge in [0.1, 0.15) is 0 Å². The molecular weight excluding hydrogens is 234 g/mol. The number of rotatable bonds is 2. The second-order valence-corrected chi connectivity index (χ2v) is 5.32. The van der Waals surface area contributed by atoms with Crippen LogP contribution in [0.15, 0.2) is 36.4 Å². The van der Waals surface area contributed by atoms with E-state index in [1.807, 2.05) is 12.1 Å². The Bertz CT molecular complexity index is 483. The molecule has 1 amide bonds. The molecule has 1 aromatic rings. The number of carbonyl (C=O) groups is 1. The van der Waals surface area contributed by atoms with Gasteiger partial charge in [0.05, 0.1) is 0 Å². The Balaban J connectivity index is 1.70. The van der Waals surface area contributed by atoms with E-state index in [2.05, 4.69) is 17.5 Å². The average molecular weight is 248 g/mol. The minimum absolute atomic E-state index is 0.129. The third-order valence-electron chi connectivity index (χ3n) is 3.71. The Kier molecular flexibility index (Phi) is 2.67. The fraction of sp³-hybridized carbons (Fsp3) is 0.357. The van der Waals surface area contributed by atoms with Gasteiger partial charge in [-0.05, 0) is 42.9 Å². The van der Waals surface area contributed by atoms with Crippen molar-refractivity contribution in [3.8, 4) is 0 Å². The molecule has 0 radical (unpaired) electrons. The number of nitrogens with one attached hydrogen (secondary N) is 1. The van der Waals surface area contributed by atoms with Gasteiger partial charge in [-0.25, -0.2) is 0 Å². The van der Waals surface area contributed by atoms with Gasteiger partial charge in [0.25, 0.3) is 0 Å². The van der Waals surface area contributed by atoms with Gasteiger partial charge in [-0.15, -0.1) is 0 Å². The lowest BCUT2D eigenvalue weighted by atomic mass is 9.93. The van der Waals surface area contributed by atoms with Crippen LogP contribution >= 0.6 is 11.6 Å². The van der Waals surface area contributed by atoms with Gasteiger partial charge in [-0.1, -0.05) is 29.8 Å². The topological polar surface area (TPSA) is 29.1 Å². The molecule has 2 nitrogen and oxygen atoms in total. The monoisotopic (exact) mass is 247 g/mol. The molecule has 88 valence electrons. The Hall–Kier alpha value is -1.28. The van der Waals surface area contributed by atoms with E-state index in [0.29, 0.717) is 16.9 Å². The first-order valence-electron chi connectivity index (χ1n) is 5.97. The summed E-state index contributed by atoms with van der Waals surface area (Å²) in [6.07, 6.45) is 6.57. The number of anilines is 1. The summed E-state index contributed by atoms with van der Waals surface area (Å²) in [5.41, 5.74) is 0.786. The predicted octanol–water partition coefficient (Wildman–Crippen LogP) is 3.49. The Morgan fingerprint density at radius 2 is 2.18 bits per heavy atom. The van der Waals surface area contributed by atoms with Crippen molar-refractivity contribution in [2.24, 2.45) is 17.8 Å². The molecule has 1 aromatic carbocycles. The van der Waals surface area contributed by atoms with Crippen LogP contribution in [0.1, 0.15) is 12.8 Å². The van der Waals surface area contributed by atoms with Gasteiger partial charge in [0.2, 0.25) is 5.91 Å². The van der Waals surface area contributed by atoms with Gasteiger partial charge in [-0.2, -0.15) is 0 Å². The van der Waals surface area contributed by atoms with Crippen LogP contribution in [0, 0.1) is 17.8 Å². The van der Waals surface area contributed by atoms with Gasteiger partial charge in [-0.3, -0.25) is 4.79 Å². The number of hydrogen-bond donors (Lipinski definition) is 1. The third-order valence-corrected chi connectivity index (χ3v) is 3.94. The Morgan fingerprint density at radius 1 is 1.29 bits per heavy atom. The van der Waals surface area contributed by atoms with Crippen LogP contribution in [0.2, 0.25) is 5.02 Å². The molecule has 1 fully saturated rings. The maximum atomic E-state index is 12.1. The molecule has 3 heteroatoms. The standard InChI is InChI=1S/C14H14ClNO/c15-11-2-1-3-12(8-11)16-14(17)13-7-9-4-5-10(13)6-9/h1-5,8-10,13H,6-7H2,(H,16,17). The summed E-state index contributed by atoms with van der Waals surface area (Å²) >= 11 is 5.89. The molecular formula is C14H14ClNO. The highest BCUT2D eigenvalue weighted by atomic mass is 35.5. The summed E-state index contributed by atoms with van der Waals surface area (Å²) in [5, 5.41) is 3.60. The molecule has 17 heavy (non-hydrogen) atoms. The quantitative estimate of drug-likeness (QED) is 0.797. The van der Waals surface area contributed by atoms with E-state index in [0.717, 1.165) is 18.5 Å². The average Bonchev–Trinajstić information content (AvgIpc) is 2.90. The van der Waals surface area contributed by atoms with E-state index in [9.17, 15) is 4.79 Å². The second kappa shape index (κ2) is 4.19. The number of allylic oxidation sites excluding steroid dienone is 2. The molecule has 0 aliphatic heterocycles. The molecule has 2 aliphatic carbocycles. The first-order valence-corrected chi connectivity index (χ1v) is 6.35. The van der Waals surface area contributed by atoms with Gasteiger partial charge >= 0.3 is 0 Å². The molecule has 0 heterocycles. The maximum Gasteiger partial charge on any atom is 0.228 e. The Labute approximate surface area is 106 Å². The van der Waals surface area contributed by atoms with Crippen molar-refractivity contribution in [2.75, 3.05) is 5.32 Å². The molecule has 0 spiro atoms. The maximum absolute atomic E-state index is 12.1. The second-order valence-electron chi connectivity index (χ2n) is 4.89. The molecule has 2 aliphatic rings. The van der Waals surface area contributed by atoms with Crippen LogP contribution in [0.4, 0.5) is 5.69 Å². The number of carbonyl (C=O) groups excluding carboxylic acids is 1. The van der Waals surface area contributed by atoms with Crippen LogP contribution in [0.5, 0.6) is 0 Å². The van der Waals surface area contributed by atoms with E-state index in [4.69, 9.17) is 11.6 Å². The first-order chi connectivity index (χ1) is 8.22. The molecule has 0 aromatic heterocycles. The summed E-state index contributed by atoms with van der Waals surface area (Å²) < 4.78 is 0. The predicted molar refractivity (Wildman–Crippen MR) is 68.9 cm³/mol. The third kappa shape index (κ3) is 2.09. The molecule has 3 atom stereocenters. The SMILES string of the molecule is O=C(Nc1cccc(Cl)c1)C1CC2C=CC1C2. The zero-order chi connectivity index (χ0) is 11.8. The van der Waals surface area contributed by atoms with Crippen LogP contribution in [0.3, 0.4) is 0 Å². The minimum atomic E-state index is 0.129. The normalized spacial score (nSPS) is 29.6. The lowest BCUT2D eigenvalue weighted by Crippen LogP contribution is -2.25. The number of hydrogen-bond acceptors (Lipinski definition) is 1. The van der Waals surface area contributed by atoms with Crippen molar-refractivity contribution in [2.45, 2.75) is 12.8 Å². The zero-order valence-electron chi connectivity index (χ0n) is 9.40. The van der Waals surface area contributed by atoms with Gasteiger partial charge in [0.15, 0.2) is 0 Å². The van der Waals surface area contributed by atoms with Gasteiger partial charge < -0.3 is 5.32 Å². The molecule has 3 unspecified atom stereocenters. The van der Waals surface area contributed by atoms with E-state index in [1.54, 1.807) is 12.1 Å². The van der Waals surface area contributed by atoms with Crippen molar-refractivity contribution in [3.05, 3.63) is 41.4 Å². The smallest absolute Gasteiger partial charge is 0.228 e. The lowest BCUT2D eigenvalue weighted by Gasteiger charge is -2.17. The molecule has 1 saturated carbocycles. The zero-order valence-corrected chi connectivity index (χ0v) is 10.2. The molecule has 0 saturated heterocycles. The van der Waals surface area contributed by atoms with Crippen LogP contribution in [0.25, 0.3) is 0 Å². The largest absolute Gasteiger partial charge is 0.326 e. The van der Waals surface area contributed by atoms with Crippen molar-refractivity contribution >= 4 is 23.2 Å². The number of amides is 1. The van der Waals surface area contributed by atoms with Crippen molar-refractivity contribution in [1.82, 2.24) is 0 Å². The number of fused-ring (bicyclic) bond motifs is 2. The van der Waals surface area contributed by atoms with Crippen LogP contribution < -0.4 is 5.32 Å². The highest BCUT2D eigenvalue weighted by molar-refractivity contribution is 6.30. The van der Waals surface area contributed by atoms with Crippen molar-refractivity contribution < 1.29 is 4.79 Å². The summed E-state index contributed by atoms with van der Waals surface area (Å²) in [7, 11) is 0. The fourth-order valence-corrected chi connectivity index (χ4v) is 3.07. The van der Waals surface area contributed by atoms with Crippen molar-refractivity contribution in [3.63, 3.8) is 0 Å². The number of benzene rings is 1. The van der Waals surface area contributed by atoms with Crippen LogP contribution in [-0.2, 0) is 4.79 Å². The fourth-order valence-electron chi connectivity index (χ4n) is 2.88. The first kappa shape index (κ1) is 10.8. The summed E-state index contributed by atoms with van der Waals surface area (Å²) in [6, 6.07) is 7.30. The van der Waals surface area contributed by atoms with E-state index >= 15 is 0 Å².